The number of nitriles is 1. The first-order valence-electron chi connectivity index (χ1n) is 11.3. The van der Waals surface area contributed by atoms with E-state index < -0.39 is 6.29 Å². The van der Waals surface area contributed by atoms with Crippen molar-refractivity contribution in [1.29, 1.82) is 5.26 Å². The molecule has 1 saturated heterocycles. The fourth-order valence-corrected chi connectivity index (χ4v) is 4.74. The first-order valence-corrected chi connectivity index (χ1v) is 11.7. The minimum atomic E-state index is -0.494. The normalized spacial score (nSPS) is 14.2. The molecule has 0 aliphatic carbocycles. The Balaban J connectivity index is 1.59. The molecule has 33 heavy (non-hydrogen) atoms. The lowest BCUT2D eigenvalue weighted by Gasteiger charge is -2.16. The largest absolute Gasteiger partial charge is 0.345 e. The summed E-state index contributed by atoms with van der Waals surface area (Å²) < 4.78 is 15.8. The lowest BCUT2D eigenvalue weighted by Crippen LogP contribution is -2.13. The molecule has 1 aliphatic rings. The van der Waals surface area contributed by atoms with Gasteiger partial charge in [0, 0.05) is 24.5 Å². The second-order valence-corrected chi connectivity index (χ2v) is 8.49. The number of aryl methyl sites for hydroxylation is 1. The van der Waals surface area contributed by atoms with E-state index in [1.54, 1.807) is 0 Å². The summed E-state index contributed by atoms with van der Waals surface area (Å²) in [6, 6.07) is 18.3. The van der Waals surface area contributed by atoms with E-state index in [0.29, 0.717) is 30.5 Å². The highest BCUT2D eigenvalue weighted by molar-refractivity contribution is 6.30. The van der Waals surface area contributed by atoms with Crippen LogP contribution in [0.25, 0.3) is 16.6 Å². The predicted octanol–water partition coefficient (Wildman–Crippen LogP) is 5.79. The Kier molecular flexibility index (Phi) is 6.19. The molecular weight excluding hydrogens is 436 g/mol. The van der Waals surface area contributed by atoms with E-state index in [1.165, 1.54) is 0 Å². The van der Waals surface area contributed by atoms with Crippen LogP contribution in [0.15, 0.2) is 54.7 Å². The number of hydrogen-bond acceptors (Lipinski definition) is 4. The van der Waals surface area contributed by atoms with Gasteiger partial charge in [-0.2, -0.15) is 5.26 Å². The van der Waals surface area contributed by atoms with Crippen molar-refractivity contribution < 1.29 is 9.47 Å². The van der Waals surface area contributed by atoms with Crippen LogP contribution in [0, 0.1) is 11.3 Å². The molecule has 0 radical (unpaired) electrons. The molecule has 0 saturated carbocycles. The van der Waals surface area contributed by atoms with Crippen molar-refractivity contribution in [1.82, 2.24) is 14.1 Å². The molecule has 1 fully saturated rings. The van der Waals surface area contributed by atoms with Gasteiger partial charge in [-0.1, -0.05) is 49.2 Å². The van der Waals surface area contributed by atoms with Gasteiger partial charge in [0.2, 0.25) is 6.29 Å². The Morgan fingerprint density at radius 1 is 1.12 bits per heavy atom. The zero-order chi connectivity index (χ0) is 22.8. The van der Waals surface area contributed by atoms with Crippen LogP contribution in [-0.2, 0) is 22.4 Å². The van der Waals surface area contributed by atoms with Crippen molar-refractivity contribution >= 4 is 22.5 Å². The molecule has 0 unspecified atom stereocenters. The molecule has 2 aromatic heterocycles. The Labute approximate surface area is 197 Å². The van der Waals surface area contributed by atoms with Crippen LogP contribution in [0.2, 0.25) is 5.15 Å². The van der Waals surface area contributed by atoms with Gasteiger partial charge in [0.25, 0.3) is 0 Å². The molecule has 3 heterocycles. The number of ether oxygens (including phenoxy) is 2. The second kappa shape index (κ2) is 9.40. The number of aromatic nitrogens is 3. The molecule has 1 aliphatic heterocycles. The van der Waals surface area contributed by atoms with Crippen LogP contribution >= 0.6 is 11.6 Å². The number of para-hydroxylation sites is 1. The average molecular weight is 461 g/mol. The van der Waals surface area contributed by atoms with E-state index in [1.807, 2.05) is 30.5 Å². The van der Waals surface area contributed by atoms with Gasteiger partial charge in [-0.15, -0.1) is 0 Å². The van der Waals surface area contributed by atoms with E-state index in [4.69, 9.17) is 21.1 Å². The molecule has 0 N–H and O–H groups in total. The summed E-state index contributed by atoms with van der Waals surface area (Å²) in [5, 5.41) is 11.1. The van der Waals surface area contributed by atoms with Crippen molar-refractivity contribution in [3.05, 3.63) is 82.5 Å². The number of benzene rings is 2. The SMILES string of the molecule is CCCCc1nc(Cl)c(C2OCCO2)n1Cc1cccc2c1ccn2-c1ccccc1C#N. The van der Waals surface area contributed by atoms with Crippen molar-refractivity contribution in [3.63, 3.8) is 0 Å². The van der Waals surface area contributed by atoms with Gasteiger partial charge in [0.1, 0.15) is 17.6 Å². The van der Waals surface area contributed by atoms with E-state index >= 15 is 0 Å². The van der Waals surface area contributed by atoms with Crippen molar-refractivity contribution in [2.75, 3.05) is 13.2 Å². The third-order valence-electron chi connectivity index (χ3n) is 6.08. The fraction of sp³-hybridized carbons (Fsp3) is 0.308. The molecule has 0 amide bonds. The average Bonchev–Trinajstić information content (AvgIpc) is 3.57. The van der Waals surface area contributed by atoms with Crippen molar-refractivity contribution in [2.24, 2.45) is 0 Å². The van der Waals surface area contributed by atoms with Gasteiger partial charge in [0.15, 0.2) is 5.15 Å². The number of rotatable bonds is 7. The predicted molar refractivity (Wildman–Crippen MR) is 128 cm³/mol. The molecule has 7 heteroatoms. The summed E-state index contributed by atoms with van der Waals surface area (Å²) >= 11 is 6.58. The van der Waals surface area contributed by atoms with Crippen LogP contribution in [-0.4, -0.2) is 27.3 Å². The molecular formula is C26H25ClN4O2. The minimum absolute atomic E-state index is 0.445. The number of unbranched alkanes of at least 4 members (excludes halogenated alkanes) is 1. The molecule has 0 atom stereocenters. The maximum atomic E-state index is 9.57. The number of nitrogens with zero attached hydrogens (tertiary/aromatic N) is 4. The monoisotopic (exact) mass is 460 g/mol. The van der Waals surface area contributed by atoms with Gasteiger partial charge in [-0.05, 0) is 36.2 Å². The lowest BCUT2D eigenvalue weighted by atomic mass is 10.1. The molecule has 0 bridgehead atoms. The topological polar surface area (TPSA) is 65.0 Å². The fourth-order valence-electron chi connectivity index (χ4n) is 4.45. The van der Waals surface area contributed by atoms with Gasteiger partial charge in [-0.25, -0.2) is 4.98 Å². The summed E-state index contributed by atoms with van der Waals surface area (Å²) in [5.74, 6) is 0.946. The third kappa shape index (κ3) is 4.04. The van der Waals surface area contributed by atoms with Crippen LogP contribution in [0.3, 0.4) is 0 Å². The number of halogens is 1. The second-order valence-electron chi connectivity index (χ2n) is 8.13. The Bertz CT molecular complexity index is 1330. The maximum Gasteiger partial charge on any atom is 0.202 e. The van der Waals surface area contributed by atoms with Gasteiger partial charge in [-0.3, -0.25) is 0 Å². The Morgan fingerprint density at radius 3 is 2.73 bits per heavy atom. The molecule has 4 aromatic rings. The third-order valence-corrected chi connectivity index (χ3v) is 6.35. The van der Waals surface area contributed by atoms with Gasteiger partial charge in [0.05, 0.1) is 30.0 Å². The van der Waals surface area contributed by atoms with Crippen molar-refractivity contribution in [2.45, 2.75) is 39.0 Å². The van der Waals surface area contributed by atoms with Crippen LogP contribution < -0.4 is 0 Å². The zero-order valence-corrected chi connectivity index (χ0v) is 19.3. The van der Waals surface area contributed by atoms with E-state index in [2.05, 4.69) is 51.4 Å². The molecule has 6 nitrogen and oxygen atoms in total. The highest BCUT2D eigenvalue weighted by atomic mass is 35.5. The smallest absolute Gasteiger partial charge is 0.202 e. The summed E-state index contributed by atoms with van der Waals surface area (Å²) in [6.07, 6.45) is 4.48. The molecule has 0 spiro atoms. The first-order chi connectivity index (χ1) is 16.2. The Hall–Kier alpha value is -3.11. The minimum Gasteiger partial charge on any atom is -0.345 e. The Morgan fingerprint density at radius 2 is 1.94 bits per heavy atom. The zero-order valence-electron chi connectivity index (χ0n) is 18.5. The van der Waals surface area contributed by atoms with E-state index in [9.17, 15) is 5.26 Å². The van der Waals surface area contributed by atoms with Crippen molar-refractivity contribution in [3.8, 4) is 11.8 Å². The van der Waals surface area contributed by atoms with Gasteiger partial charge < -0.3 is 18.6 Å². The summed E-state index contributed by atoms with van der Waals surface area (Å²) in [4.78, 5) is 4.67. The highest BCUT2D eigenvalue weighted by Gasteiger charge is 2.28. The standard InChI is InChI=1S/C26H25ClN4O2/c1-2-3-11-23-29-25(27)24(26-32-14-15-33-26)31(23)17-19-8-6-10-22-20(19)12-13-30(22)21-9-5-4-7-18(21)16-28/h4-10,12-13,26H,2-3,11,14-15,17H2,1H3. The van der Waals surface area contributed by atoms with Crippen LogP contribution in [0.1, 0.15) is 48.7 Å². The van der Waals surface area contributed by atoms with E-state index in [-0.39, 0.29) is 0 Å². The van der Waals surface area contributed by atoms with E-state index in [0.717, 1.165) is 52.9 Å². The maximum absolute atomic E-state index is 9.57. The molecule has 5 rings (SSSR count). The number of imidazole rings is 1. The quantitative estimate of drug-likeness (QED) is 0.350. The molecule has 2 aromatic carbocycles. The lowest BCUT2D eigenvalue weighted by molar-refractivity contribution is -0.0495. The summed E-state index contributed by atoms with van der Waals surface area (Å²) in [6.45, 7) is 3.88. The highest BCUT2D eigenvalue weighted by Crippen LogP contribution is 2.33. The van der Waals surface area contributed by atoms with Crippen LogP contribution in [0.5, 0.6) is 0 Å². The number of fused-ring (bicyclic) bond motifs is 1. The summed E-state index contributed by atoms with van der Waals surface area (Å²) in [7, 11) is 0. The van der Waals surface area contributed by atoms with Gasteiger partial charge >= 0.3 is 0 Å². The number of hydrogen-bond donors (Lipinski definition) is 0. The first kappa shape index (κ1) is 21.7. The molecule has 168 valence electrons. The summed E-state index contributed by atoms with van der Waals surface area (Å²) in [5.41, 5.74) is 4.49. The van der Waals surface area contributed by atoms with Crippen LogP contribution in [0.4, 0.5) is 0 Å².